The van der Waals surface area contributed by atoms with Crippen LogP contribution < -0.4 is 5.32 Å². The van der Waals surface area contributed by atoms with Crippen LogP contribution in [0.25, 0.3) is 0 Å². The van der Waals surface area contributed by atoms with Gasteiger partial charge in [-0.1, -0.05) is 43.2 Å². The minimum Gasteiger partial charge on any atom is -0.465 e. The summed E-state index contributed by atoms with van der Waals surface area (Å²) in [5.74, 6) is -0.150. The molecule has 0 saturated heterocycles. The number of benzene rings is 1. The Balaban J connectivity index is 2.67. The molecule has 1 aromatic rings. The molecule has 0 heterocycles. The summed E-state index contributed by atoms with van der Waals surface area (Å²) in [7, 11) is 0. The molecule has 0 saturated carbocycles. The molecule has 3 heteroatoms. The maximum absolute atomic E-state index is 11.9. The van der Waals surface area contributed by atoms with Crippen molar-refractivity contribution in [2.75, 3.05) is 6.61 Å². The number of nitrogens with one attached hydrogen (secondary N) is 1. The van der Waals surface area contributed by atoms with Crippen molar-refractivity contribution < 1.29 is 9.53 Å². The van der Waals surface area contributed by atoms with E-state index in [4.69, 9.17) is 4.74 Å². The SMILES string of the molecule is CCCC(NC(C)c1ccc(C)cc1)C(=O)OCC. The standard InChI is InChI=1S/C16H25NO2/c1-5-7-15(16(18)19-6-2)17-13(4)14-10-8-12(3)9-11-14/h8-11,13,15,17H,5-7H2,1-4H3. The molecule has 0 aliphatic carbocycles. The van der Waals surface area contributed by atoms with Crippen molar-refractivity contribution in [2.24, 2.45) is 0 Å². The van der Waals surface area contributed by atoms with E-state index < -0.39 is 0 Å². The number of aryl methyl sites for hydroxylation is 1. The molecule has 106 valence electrons. The molecule has 1 aromatic carbocycles. The van der Waals surface area contributed by atoms with E-state index in [0.29, 0.717) is 6.61 Å². The van der Waals surface area contributed by atoms with Crippen LogP contribution in [-0.2, 0) is 9.53 Å². The van der Waals surface area contributed by atoms with Gasteiger partial charge >= 0.3 is 5.97 Å². The van der Waals surface area contributed by atoms with Crippen molar-refractivity contribution in [1.29, 1.82) is 0 Å². The normalized spacial score (nSPS) is 13.9. The van der Waals surface area contributed by atoms with Crippen LogP contribution in [0.1, 0.15) is 50.8 Å². The summed E-state index contributed by atoms with van der Waals surface area (Å²) >= 11 is 0. The van der Waals surface area contributed by atoms with E-state index in [-0.39, 0.29) is 18.1 Å². The number of carbonyl (C=O) groups excluding carboxylic acids is 1. The van der Waals surface area contributed by atoms with E-state index in [1.807, 2.05) is 6.92 Å². The molecule has 0 aromatic heterocycles. The van der Waals surface area contributed by atoms with Crippen LogP contribution in [0.4, 0.5) is 0 Å². The van der Waals surface area contributed by atoms with Crippen LogP contribution in [0.5, 0.6) is 0 Å². The Morgan fingerprint density at radius 2 is 1.89 bits per heavy atom. The molecule has 0 amide bonds. The molecule has 0 spiro atoms. The van der Waals surface area contributed by atoms with Crippen molar-refractivity contribution in [3.8, 4) is 0 Å². The van der Waals surface area contributed by atoms with E-state index in [1.165, 1.54) is 11.1 Å². The molecular formula is C16H25NO2. The Morgan fingerprint density at radius 1 is 1.26 bits per heavy atom. The van der Waals surface area contributed by atoms with E-state index in [9.17, 15) is 4.79 Å². The molecule has 2 unspecified atom stereocenters. The van der Waals surface area contributed by atoms with Crippen molar-refractivity contribution in [2.45, 2.75) is 52.6 Å². The fourth-order valence-electron chi connectivity index (χ4n) is 2.05. The van der Waals surface area contributed by atoms with Gasteiger partial charge in [-0.2, -0.15) is 0 Å². The van der Waals surface area contributed by atoms with E-state index in [1.54, 1.807) is 0 Å². The van der Waals surface area contributed by atoms with Crippen LogP contribution in [0.3, 0.4) is 0 Å². The molecule has 1 rings (SSSR count). The summed E-state index contributed by atoms with van der Waals surface area (Å²) in [6.07, 6.45) is 1.76. The molecule has 0 aliphatic rings. The highest BCUT2D eigenvalue weighted by molar-refractivity contribution is 5.75. The van der Waals surface area contributed by atoms with Gasteiger partial charge in [-0.3, -0.25) is 10.1 Å². The van der Waals surface area contributed by atoms with Gasteiger partial charge in [-0.25, -0.2) is 0 Å². The Kier molecular flexibility index (Phi) is 6.57. The van der Waals surface area contributed by atoms with Gasteiger partial charge in [0.05, 0.1) is 6.61 Å². The van der Waals surface area contributed by atoms with Crippen LogP contribution in [0.15, 0.2) is 24.3 Å². The third-order valence-corrected chi connectivity index (χ3v) is 3.18. The Labute approximate surface area is 116 Å². The minimum atomic E-state index is -0.221. The van der Waals surface area contributed by atoms with Gasteiger partial charge in [0.25, 0.3) is 0 Å². The maximum atomic E-state index is 11.9. The smallest absolute Gasteiger partial charge is 0.323 e. The number of hydrogen-bond donors (Lipinski definition) is 1. The highest BCUT2D eigenvalue weighted by atomic mass is 16.5. The van der Waals surface area contributed by atoms with Crippen molar-refractivity contribution in [3.05, 3.63) is 35.4 Å². The zero-order chi connectivity index (χ0) is 14.3. The monoisotopic (exact) mass is 263 g/mol. The molecule has 0 radical (unpaired) electrons. The lowest BCUT2D eigenvalue weighted by Gasteiger charge is -2.22. The second kappa shape index (κ2) is 7.95. The minimum absolute atomic E-state index is 0.140. The molecule has 19 heavy (non-hydrogen) atoms. The van der Waals surface area contributed by atoms with Crippen molar-refractivity contribution in [1.82, 2.24) is 5.32 Å². The number of ether oxygens (including phenoxy) is 1. The lowest BCUT2D eigenvalue weighted by molar-refractivity contribution is -0.146. The van der Waals surface area contributed by atoms with Crippen LogP contribution in [0.2, 0.25) is 0 Å². The van der Waals surface area contributed by atoms with E-state index in [0.717, 1.165) is 12.8 Å². The number of carbonyl (C=O) groups is 1. The van der Waals surface area contributed by atoms with Gasteiger partial charge in [-0.05, 0) is 32.8 Å². The van der Waals surface area contributed by atoms with Crippen molar-refractivity contribution in [3.63, 3.8) is 0 Å². The molecule has 0 bridgehead atoms. The van der Waals surface area contributed by atoms with Gasteiger partial charge in [0.1, 0.15) is 6.04 Å². The van der Waals surface area contributed by atoms with E-state index >= 15 is 0 Å². The fraction of sp³-hybridized carbons (Fsp3) is 0.562. The maximum Gasteiger partial charge on any atom is 0.323 e. The number of esters is 1. The highest BCUT2D eigenvalue weighted by Gasteiger charge is 2.21. The van der Waals surface area contributed by atoms with Gasteiger partial charge < -0.3 is 4.74 Å². The number of rotatable bonds is 7. The summed E-state index contributed by atoms with van der Waals surface area (Å²) in [5.41, 5.74) is 2.43. The Morgan fingerprint density at radius 3 is 2.42 bits per heavy atom. The predicted molar refractivity (Wildman–Crippen MR) is 78.1 cm³/mol. The number of hydrogen-bond acceptors (Lipinski definition) is 3. The lowest BCUT2D eigenvalue weighted by Crippen LogP contribution is -2.39. The zero-order valence-electron chi connectivity index (χ0n) is 12.4. The quantitative estimate of drug-likeness (QED) is 0.766. The topological polar surface area (TPSA) is 38.3 Å². The largest absolute Gasteiger partial charge is 0.465 e. The first-order chi connectivity index (χ1) is 9.08. The molecule has 1 N–H and O–H groups in total. The molecular weight excluding hydrogens is 238 g/mol. The third kappa shape index (κ3) is 5.03. The fourth-order valence-corrected chi connectivity index (χ4v) is 2.05. The average molecular weight is 263 g/mol. The van der Waals surface area contributed by atoms with Gasteiger partial charge in [0.15, 0.2) is 0 Å². The predicted octanol–water partition coefficient (Wildman–Crippen LogP) is 3.38. The van der Waals surface area contributed by atoms with Gasteiger partial charge in [0.2, 0.25) is 0 Å². The van der Waals surface area contributed by atoms with Gasteiger partial charge in [-0.15, -0.1) is 0 Å². The lowest BCUT2D eigenvalue weighted by atomic mass is 10.0. The van der Waals surface area contributed by atoms with Crippen LogP contribution in [-0.4, -0.2) is 18.6 Å². The molecule has 0 aliphatic heterocycles. The second-order valence-electron chi connectivity index (χ2n) is 4.89. The summed E-state index contributed by atoms with van der Waals surface area (Å²) in [6.45, 7) is 8.49. The summed E-state index contributed by atoms with van der Waals surface area (Å²) < 4.78 is 5.11. The Bertz CT molecular complexity index is 386. The average Bonchev–Trinajstić information content (AvgIpc) is 2.39. The summed E-state index contributed by atoms with van der Waals surface area (Å²) in [6, 6.07) is 8.30. The van der Waals surface area contributed by atoms with Crippen LogP contribution >= 0.6 is 0 Å². The van der Waals surface area contributed by atoms with Crippen LogP contribution in [0, 0.1) is 6.92 Å². The van der Waals surface area contributed by atoms with Crippen molar-refractivity contribution >= 4 is 5.97 Å². The first kappa shape index (κ1) is 15.7. The molecule has 3 nitrogen and oxygen atoms in total. The van der Waals surface area contributed by atoms with Gasteiger partial charge in [0, 0.05) is 6.04 Å². The first-order valence-electron chi connectivity index (χ1n) is 7.07. The summed E-state index contributed by atoms with van der Waals surface area (Å²) in [5, 5.41) is 3.36. The first-order valence-corrected chi connectivity index (χ1v) is 7.07. The third-order valence-electron chi connectivity index (χ3n) is 3.18. The highest BCUT2D eigenvalue weighted by Crippen LogP contribution is 2.15. The summed E-state index contributed by atoms with van der Waals surface area (Å²) in [4.78, 5) is 11.9. The Hall–Kier alpha value is -1.35. The second-order valence-corrected chi connectivity index (χ2v) is 4.89. The zero-order valence-corrected chi connectivity index (χ0v) is 12.4. The molecule has 2 atom stereocenters. The molecule has 0 fully saturated rings. The van der Waals surface area contributed by atoms with E-state index in [2.05, 4.69) is 50.4 Å².